The van der Waals surface area contributed by atoms with Gasteiger partial charge in [0.05, 0.1) is 23.9 Å². The van der Waals surface area contributed by atoms with Gasteiger partial charge in [-0.15, -0.1) is 5.10 Å². The zero-order valence-corrected chi connectivity index (χ0v) is 11.1. The predicted octanol–water partition coefficient (Wildman–Crippen LogP) is 1.48. The van der Waals surface area contributed by atoms with Gasteiger partial charge >= 0.3 is 0 Å². The van der Waals surface area contributed by atoms with Crippen LogP contribution in [0, 0.1) is 5.92 Å². The summed E-state index contributed by atoms with van der Waals surface area (Å²) in [4.78, 5) is 11.0. The SMILES string of the molecule is CCCc1c(CC(N)=O)nnn1C(C)C(C)C. The minimum atomic E-state index is -0.355. The van der Waals surface area contributed by atoms with Crippen molar-refractivity contribution in [2.75, 3.05) is 0 Å². The third-order valence-corrected chi connectivity index (χ3v) is 3.05. The summed E-state index contributed by atoms with van der Waals surface area (Å²) < 4.78 is 1.94. The number of nitrogens with two attached hydrogens (primary N) is 1. The van der Waals surface area contributed by atoms with Gasteiger partial charge in [-0.2, -0.15) is 0 Å². The molecule has 0 saturated carbocycles. The fourth-order valence-corrected chi connectivity index (χ4v) is 1.75. The summed E-state index contributed by atoms with van der Waals surface area (Å²) >= 11 is 0. The number of carbonyl (C=O) groups is 1. The van der Waals surface area contributed by atoms with Gasteiger partial charge in [0.1, 0.15) is 0 Å². The second-order valence-electron chi connectivity index (χ2n) is 4.81. The van der Waals surface area contributed by atoms with Crippen molar-refractivity contribution < 1.29 is 4.79 Å². The van der Waals surface area contributed by atoms with Crippen molar-refractivity contribution >= 4 is 5.91 Å². The van der Waals surface area contributed by atoms with E-state index in [2.05, 4.69) is 38.0 Å². The first-order valence-electron chi connectivity index (χ1n) is 6.18. The van der Waals surface area contributed by atoms with Crippen LogP contribution in [-0.2, 0) is 17.6 Å². The van der Waals surface area contributed by atoms with Crippen LogP contribution in [0.3, 0.4) is 0 Å². The predicted molar refractivity (Wildman–Crippen MR) is 66.5 cm³/mol. The van der Waals surface area contributed by atoms with E-state index in [0.717, 1.165) is 24.2 Å². The molecule has 1 rings (SSSR count). The van der Waals surface area contributed by atoms with Crippen LogP contribution >= 0.6 is 0 Å². The van der Waals surface area contributed by atoms with Crippen molar-refractivity contribution in [1.82, 2.24) is 15.0 Å². The average Bonchev–Trinajstić information content (AvgIpc) is 2.60. The molecule has 1 unspecified atom stereocenters. The molecule has 0 saturated heterocycles. The largest absolute Gasteiger partial charge is 0.369 e. The van der Waals surface area contributed by atoms with E-state index in [4.69, 9.17) is 5.73 Å². The first-order valence-corrected chi connectivity index (χ1v) is 6.18. The Morgan fingerprint density at radius 2 is 2.06 bits per heavy atom. The lowest BCUT2D eigenvalue weighted by Gasteiger charge is -2.18. The van der Waals surface area contributed by atoms with Crippen LogP contribution in [0.5, 0.6) is 0 Å². The Balaban J connectivity index is 3.05. The van der Waals surface area contributed by atoms with Gasteiger partial charge in [0.25, 0.3) is 0 Å². The molecule has 1 amide bonds. The standard InChI is InChI=1S/C12H22N4O/c1-5-6-11-10(7-12(13)17)14-15-16(11)9(4)8(2)3/h8-9H,5-7H2,1-4H3,(H2,13,17). The minimum absolute atomic E-state index is 0.181. The topological polar surface area (TPSA) is 73.8 Å². The number of primary amides is 1. The van der Waals surface area contributed by atoms with Crippen molar-refractivity contribution in [2.45, 2.75) is 53.0 Å². The van der Waals surface area contributed by atoms with Crippen molar-refractivity contribution in [2.24, 2.45) is 11.7 Å². The molecule has 0 radical (unpaired) electrons. The zero-order chi connectivity index (χ0) is 13.0. The summed E-state index contributed by atoms with van der Waals surface area (Å²) in [5.41, 5.74) is 7.00. The van der Waals surface area contributed by atoms with Gasteiger partial charge in [-0.1, -0.05) is 32.4 Å². The summed E-state index contributed by atoms with van der Waals surface area (Å²) in [6.45, 7) is 8.52. The molecule has 1 atom stereocenters. The zero-order valence-electron chi connectivity index (χ0n) is 11.1. The molecule has 0 aromatic carbocycles. The summed E-state index contributed by atoms with van der Waals surface area (Å²) in [6.07, 6.45) is 2.07. The molecule has 0 aliphatic heterocycles. The van der Waals surface area contributed by atoms with Crippen molar-refractivity contribution in [3.05, 3.63) is 11.4 Å². The van der Waals surface area contributed by atoms with E-state index >= 15 is 0 Å². The van der Waals surface area contributed by atoms with Crippen LogP contribution < -0.4 is 5.73 Å². The van der Waals surface area contributed by atoms with Crippen LogP contribution in [0.4, 0.5) is 0 Å². The lowest BCUT2D eigenvalue weighted by molar-refractivity contribution is -0.117. The van der Waals surface area contributed by atoms with Gasteiger partial charge in [-0.05, 0) is 19.3 Å². The third-order valence-electron chi connectivity index (χ3n) is 3.05. The summed E-state index contributed by atoms with van der Waals surface area (Å²) in [5, 5.41) is 8.26. The van der Waals surface area contributed by atoms with Gasteiger partial charge < -0.3 is 5.73 Å². The van der Waals surface area contributed by atoms with Crippen molar-refractivity contribution in [3.63, 3.8) is 0 Å². The first kappa shape index (κ1) is 13.7. The van der Waals surface area contributed by atoms with E-state index < -0.39 is 0 Å². The van der Waals surface area contributed by atoms with E-state index in [0.29, 0.717) is 5.92 Å². The Morgan fingerprint density at radius 3 is 2.53 bits per heavy atom. The Bertz CT molecular complexity index is 384. The number of nitrogens with zero attached hydrogens (tertiary/aromatic N) is 3. The molecule has 0 spiro atoms. The van der Waals surface area contributed by atoms with Crippen molar-refractivity contribution in [1.29, 1.82) is 0 Å². The fraction of sp³-hybridized carbons (Fsp3) is 0.750. The maximum Gasteiger partial charge on any atom is 0.223 e. The Labute approximate surface area is 102 Å². The monoisotopic (exact) mass is 238 g/mol. The van der Waals surface area contributed by atoms with Gasteiger partial charge in [-0.25, -0.2) is 4.68 Å². The number of carbonyl (C=O) groups excluding carboxylic acids is 1. The van der Waals surface area contributed by atoms with E-state index in [-0.39, 0.29) is 18.4 Å². The van der Waals surface area contributed by atoms with Crippen LogP contribution in [-0.4, -0.2) is 20.9 Å². The molecule has 96 valence electrons. The van der Waals surface area contributed by atoms with Crippen LogP contribution in [0.25, 0.3) is 0 Å². The molecular formula is C12H22N4O. The molecule has 1 aromatic heterocycles. The lowest BCUT2D eigenvalue weighted by atomic mass is 10.1. The number of hydrogen-bond acceptors (Lipinski definition) is 3. The highest BCUT2D eigenvalue weighted by molar-refractivity contribution is 5.76. The van der Waals surface area contributed by atoms with Crippen molar-refractivity contribution in [3.8, 4) is 0 Å². The van der Waals surface area contributed by atoms with E-state index in [9.17, 15) is 4.79 Å². The van der Waals surface area contributed by atoms with Gasteiger partial charge in [0.2, 0.25) is 5.91 Å². The molecule has 1 heterocycles. The third kappa shape index (κ3) is 3.28. The molecule has 5 heteroatoms. The highest BCUT2D eigenvalue weighted by Crippen LogP contribution is 2.20. The van der Waals surface area contributed by atoms with Gasteiger partial charge in [0, 0.05) is 0 Å². The molecule has 2 N–H and O–H groups in total. The second-order valence-corrected chi connectivity index (χ2v) is 4.81. The lowest BCUT2D eigenvalue weighted by Crippen LogP contribution is -2.18. The van der Waals surface area contributed by atoms with E-state index in [1.807, 2.05) is 4.68 Å². The number of rotatable bonds is 6. The highest BCUT2D eigenvalue weighted by Gasteiger charge is 2.19. The Morgan fingerprint density at radius 1 is 1.41 bits per heavy atom. The smallest absolute Gasteiger partial charge is 0.223 e. The maximum absolute atomic E-state index is 11.0. The molecule has 1 aromatic rings. The van der Waals surface area contributed by atoms with E-state index in [1.54, 1.807) is 0 Å². The minimum Gasteiger partial charge on any atom is -0.369 e. The number of aromatic nitrogens is 3. The molecular weight excluding hydrogens is 216 g/mol. The molecule has 5 nitrogen and oxygen atoms in total. The van der Waals surface area contributed by atoms with Gasteiger partial charge in [-0.3, -0.25) is 4.79 Å². The normalized spacial score (nSPS) is 13.0. The van der Waals surface area contributed by atoms with E-state index in [1.165, 1.54) is 0 Å². The first-order chi connectivity index (χ1) is 7.97. The quantitative estimate of drug-likeness (QED) is 0.815. The van der Waals surface area contributed by atoms with Crippen LogP contribution in [0.1, 0.15) is 51.5 Å². The van der Waals surface area contributed by atoms with Crippen LogP contribution in [0.15, 0.2) is 0 Å². The Kier molecular flexibility index (Phi) is 4.66. The molecule has 0 aliphatic rings. The average molecular weight is 238 g/mol. The molecule has 0 aliphatic carbocycles. The maximum atomic E-state index is 11.0. The molecule has 0 bridgehead atoms. The summed E-state index contributed by atoms with van der Waals surface area (Å²) in [5.74, 6) is 0.125. The summed E-state index contributed by atoms with van der Waals surface area (Å²) in [6, 6.07) is 0.283. The van der Waals surface area contributed by atoms with Gasteiger partial charge in [0.15, 0.2) is 0 Å². The number of hydrogen-bond donors (Lipinski definition) is 1. The fourth-order valence-electron chi connectivity index (χ4n) is 1.75. The molecule has 17 heavy (non-hydrogen) atoms. The Hall–Kier alpha value is -1.39. The second kappa shape index (κ2) is 5.80. The highest BCUT2D eigenvalue weighted by atomic mass is 16.1. The number of amides is 1. The molecule has 0 fully saturated rings. The summed E-state index contributed by atoms with van der Waals surface area (Å²) in [7, 11) is 0. The van der Waals surface area contributed by atoms with Crippen LogP contribution in [0.2, 0.25) is 0 Å².